The topological polar surface area (TPSA) is 353 Å². The van der Waals surface area contributed by atoms with Crippen molar-refractivity contribution in [3.63, 3.8) is 0 Å². The summed E-state index contributed by atoms with van der Waals surface area (Å²) in [4.78, 5) is 154. The van der Waals surface area contributed by atoms with Gasteiger partial charge >= 0.3 is 18.0 Å². The minimum atomic E-state index is -1.10. The first-order chi connectivity index (χ1) is 46.3. The Morgan fingerprint density at radius 2 is 1.43 bits per heavy atom. The molecule has 0 spiro atoms. The van der Waals surface area contributed by atoms with E-state index in [1.165, 1.54) is 30.6 Å². The number of aromatic hydroxyl groups is 1. The minimum absolute atomic E-state index is 0.0823. The largest absolute Gasteiger partial charge is 0.508 e. The van der Waals surface area contributed by atoms with E-state index in [1.54, 1.807) is 74.7 Å². The Kier molecular flexibility index (Phi) is 33.1. The van der Waals surface area contributed by atoms with Crippen LogP contribution >= 0.6 is 11.3 Å². The van der Waals surface area contributed by atoms with Gasteiger partial charge in [0.15, 0.2) is 0 Å². The lowest BCUT2D eigenvalue weighted by Crippen LogP contribution is -2.57. The van der Waals surface area contributed by atoms with E-state index in [0.29, 0.717) is 113 Å². The molecule has 10 amide bonds. The molecular formula is C71H104N10O15S. The van der Waals surface area contributed by atoms with Crippen molar-refractivity contribution in [3.8, 4) is 5.75 Å². The molecule has 1 aromatic heterocycles. The van der Waals surface area contributed by atoms with E-state index in [1.807, 2.05) is 46.4 Å². The van der Waals surface area contributed by atoms with Gasteiger partial charge in [0.05, 0.1) is 24.9 Å². The highest BCUT2D eigenvalue weighted by molar-refractivity contribution is 7.09. The van der Waals surface area contributed by atoms with E-state index in [0.717, 1.165) is 10.5 Å². The van der Waals surface area contributed by atoms with Gasteiger partial charge in [-0.15, -0.1) is 11.3 Å². The van der Waals surface area contributed by atoms with Gasteiger partial charge in [-0.3, -0.25) is 52.8 Å². The summed E-state index contributed by atoms with van der Waals surface area (Å²) in [6.45, 7) is 18.2. The Morgan fingerprint density at radius 1 is 0.763 bits per heavy atom. The fourth-order valence-electron chi connectivity index (χ4n) is 12.0. The molecule has 534 valence electrons. The molecule has 0 bridgehead atoms. The maximum absolute atomic E-state index is 15.3. The quantitative estimate of drug-likeness (QED) is 0.0151. The molecule has 5 rings (SSSR count). The summed E-state index contributed by atoms with van der Waals surface area (Å²) in [7, 11) is 1.32. The number of nitrogens with zero attached hydrogens (tertiary/aromatic N) is 3. The van der Waals surface area contributed by atoms with E-state index in [9.17, 15) is 53.1 Å². The molecule has 0 radical (unpaired) electrons. The molecule has 25 nitrogen and oxygen atoms in total. The van der Waals surface area contributed by atoms with E-state index < -0.39 is 95.7 Å². The fourth-order valence-corrected chi connectivity index (χ4v) is 12.9. The maximum Gasteiger partial charge on any atom is 0.312 e. The van der Waals surface area contributed by atoms with Gasteiger partial charge in [-0.1, -0.05) is 112 Å². The number of nitrogens with one attached hydrogen (secondary N) is 6. The normalized spacial score (nSPS) is 17.0. The van der Waals surface area contributed by atoms with Crippen molar-refractivity contribution in [1.29, 1.82) is 0 Å². The number of esters is 2. The first kappa shape index (κ1) is 79.4. The summed E-state index contributed by atoms with van der Waals surface area (Å²) in [6.07, 6.45) is 8.92. The lowest BCUT2D eigenvalue weighted by atomic mass is 9.78. The highest BCUT2D eigenvalue weighted by Gasteiger charge is 2.42. The number of phenols is 1. The van der Waals surface area contributed by atoms with E-state index in [-0.39, 0.29) is 91.8 Å². The summed E-state index contributed by atoms with van der Waals surface area (Å²) < 4.78 is 17.4. The van der Waals surface area contributed by atoms with Crippen LogP contribution in [0.2, 0.25) is 0 Å². The molecule has 1 aliphatic heterocycles. The number of imide groups is 1. The van der Waals surface area contributed by atoms with E-state index in [2.05, 4.69) is 31.9 Å². The molecule has 2 aliphatic rings. The number of thiazole rings is 1. The van der Waals surface area contributed by atoms with E-state index >= 15 is 4.79 Å². The summed E-state index contributed by atoms with van der Waals surface area (Å²) in [5.74, 6) is -7.03. The molecule has 3 aromatic rings. The van der Waals surface area contributed by atoms with Crippen LogP contribution in [0.5, 0.6) is 5.75 Å². The number of amides is 10. The number of primary amides is 1. The molecule has 0 saturated heterocycles. The fraction of sp³-hybridized carbons (Fsp3) is 0.606. The number of urea groups is 1. The van der Waals surface area contributed by atoms with Gasteiger partial charge in [0.25, 0.3) is 17.7 Å². The zero-order chi connectivity index (χ0) is 71.3. The Labute approximate surface area is 574 Å². The first-order valence-electron chi connectivity index (χ1n) is 34.4. The average molecular weight is 1370 g/mol. The molecule has 9 N–H and O–H groups in total. The van der Waals surface area contributed by atoms with Crippen molar-refractivity contribution in [1.82, 2.24) is 41.4 Å². The smallest absolute Gasteiger partial charge is 0.312 e. The second-order valence-corrected chi connectivity index (χ2v) is 27.0. The number of carbonyl (C=O) groups is 11. The summed E-state index contributed by atoms with van der Waals surface area (Å²) in [5, 5.41) is 29.2. The zero-order valence-corrected chi connectivity index (χ0v) is 58.9. The van der Waals surface area contributed by atoms with Crippen molar-refractivity contribution < 1.29 is 72.1 Å². The Balaban J connectivity index is 1.22. The van der Waals surface area contributed by atoms with Crippen molar-refractivity contribution in [2.24, 2.45) is 41.2 Å². The second-order valence-electron chi connectivity index (χ2n) is 26.1. The maximum atomic E-state index is 15.3. The highest BCUT2D eigenvalue weighted by Crippen LogP contribution is 2.35. The third-order valence-electron chi connectivity index (χ3n) is 17.8. The summed E-state index contributed by atoms with van der Waals surface area (Å²) in [5.41, 5.74) is 7.24. The summed E-state index contributed by atoms with van der Waals surface area (Å²) >= 11 is 1.28. The van der Waals surface area contributed by atoms with Gasteiger partial charge in [-0.25, -0.2) is 9.78 Å². The standard InChI is InChI=1S/C71H104N10O15S/c1-11-35-80(56(43(4)5)40-57(95-37-12-2)67-77-55(42-97-67)65(88)75-50(38-46(9)69(91)94-10)39-47-26-30-51(82)31-27-47)68(90)62(45(8)13-3)79-63(86)52-20-16-17-21-53(52)70(92)96-41-48-24-28-49(29-25-48)74-64(87)54(22-19-34-73-71(72)93)76-66(89)61(44(6)7)78-58(83)23-15-14-18-36-81-59(84)32-33-60(81)85/h24-33,42-46,50,52-54,56-57,61-62,82H,11-23,34-41H2,1-10H3,(H,74,87)(H,75,88)(H,76,89)(H,78,83)(H,79,86)(H3,72,73,93)/t45-,46-,50+,52-,53?,54-,56+,57+,61-,62-/m0/s1. The third-order valence-corrected chi connectivity index (χ3v) is 18.7. The van der Waals surface area contributed by atoms with Crippen molar-refractivity contribution in [2.75, 3.05) is 38.7 Å². The van der Waals surface area contributed by atoms with Crippen LogP contribution in [0.15, 0.2) is 66.1 Å². The van der Waals surface area contributed by atoms with Crippen LogP contribution in [-0.4, -0.2) is 149 Å². The van der Waals surface area contributed by atoms with Crippen LogP contribution in [0, 0.1) is 35.5 Å². The first-order valence-corrected chi connectivity index (χ1v) is 35.2. The number of rotatable bonds is 41. The monoisotopic (exact) mass is 1370 g/mol. The molecular weight excluding hydrogens is 1260 g/mol. The Morgan fingerprint density at radius 3 is 2.05 bits per heavy atom. The molecule has 97 heavy (non-hydrogen) atoms. The molecule has 10 atom stereocenters. The Hall–Kier alpha value is -8.26. The predicted octanol–water partition coefficient (Wildman–Crippen LogP) is 8.09. The van der Waals surface area contributed by atoms with Gasteiger partial charge in [-0.2, -0.15) is 0 Å². The number of nitrogens with two attached hydrogens (primary N) is 1. The van der Waals surface area contributed by atoms with Crippen molar-refractivity contribution in [3.05, 3.63) is 87.9 Å². The molecule has 2 aromatic carbocycles. The van der Waals surface area contributed by atoms with Crippen LogP contribution in [0.3, 0.4) is 0 Å². The summed E-state index contributed by atoms with van der Waals surface area (Å²) in [6, 6.07) is 8.58. The molecule has 26 heteroatoms. The SMILES string of the molecule is CCCO[C@H](C[C@H](C(C)C)N(CCC)C(=O)[C@@H](NC(=O)[C@H]1CCCCC1C(=O)OCc1ccc(NC(=O)[C@H](CCCNC(N)=O)NC(=O)[C@@H](NC(=O)CCCCCN2C(=O)C=CC2=O)C(C)C)cc1)[C@@H](C)CC)c1nc(C(=O)N[C@@H](Cc2ccc(O)cc2)C[C@H](C)C(=O)OC)cs1. The highest BCUT2D eigenvalue weighted by atomic mass is 32.1. The number of phenolic OH excluding ortho intramolecular Hbond substituents is 1. The van der Waals surface area contributed by atoms with Gasteiger partial charge < -0.3 is 61.9 Å². The lowest BCUT2D eigenvalue weighted by molar-refractivity contribution is -0.156. The number of unbranched alkanes of at least 4 members (excludes halogenated alkanes) is 2. The minimum Gasteiger partial charge on any atom is -0.508 e. The number of aromatic nitrogens is 1. The van der Waals surface area contributed by atoms with Gasteiger partial charge in [-0.05, 0) is 117 Å². The molecule has 1 aliphatic carbocycles. The number of hydrogen-bond donors (Lipinski definition) is 8. The van der Waals surface area contributed by atoms with Crippen molar-refractivity contribution in [2.45, 2.75) is 208 Å². The zero-order valence-electron chi connectivity index (χ0n) is 58.1. The van der Waals surface area contributed by atoms with Crippen molar-refractivity contribution >= 4 is 82.3 Å². The lowest BCUT2D eigenvalue weighted by Gasteiger charge is -2.40. The Bertz CT molecular complexity index is 3120. The molecule has 1 saturated carbocycles. The third kappa shape index (κ3) is 25.3. The van der Waals surface area contributed by atoms with Crippen LogP contribution in [0.25, 0.3) is 0 Å². The number of ether oxygens (including phenoxy) is 3. The van der Waals surface area contributed by atoms with Gasteiger partial charge in [0, 0.05) is 74.4 Å². The number of carbonyl (C=O) groups excluding carboxylic acids is 11. The number of benzene rings is 2. The van der Waals surface area contributed by atoms with Gasteiger partial charge in [0.2, 0.25) is 29.5 Å². The molecule has 2 heterocycles. The van der Waals surface area contributed by atoms with Crippen LogP contribution < -0.4 is 37.6 Å². The molecule has 1 fully saturated rings. The predicted molar refractivity (Wildman–Crippen MR) is 367 cm³/mol. The van der Waals surface area contributed by atoms with Gasteiger partial charge in [0.1, 0.15) is 47.3 Å². The van der Waals surface area contributed by atoms with Crippen LogP contribution in [0.1, 0.15) is 191 Å². The second kappa shape index (κ2) is 40.5. The van der Waals surface area contributed by atoms with Crippen LogP contribution in [0.4, 0.5) is 10.5 Å². The molecule has 1 unspecified atom stereocenters. The number of anilines is 1. The van der Waals surface area contributed by atoms with E-state index in [4.69, 9.17) is 24.9 Å². The number of hydrogen-bond acceptors (Lipinski definition) is 17. The number of methoxy groups -OCH3 is 1. The van der Waals surface area contributed by atoms with Crippen LogP contribution in [-0.2, 0) is 70.4 Å². The average Bonchev–Trinajstić information content (AvgIpc) is 1.70.